The third-order valence-corrected chi connectivity index (χ3v) is 7.12. The van der Waals surface area contributed by atoms with Gasteiger partial charge in [-0.25, -0.2) is 4.98 Å². The zero-order chi connectivity index (χ0) is 26.9. The zero-order valence-corrected chi connectivity index (χ0v) is 24.4. The number of aromatic nitrogens is 3. The van der Waals surface area contributed by atoms with E-state index in [9.17, 15) is 14.4 Å². The van der Waals surface area contributed by atoms with Crippen molar-refractivity contribution < 1.29 is 14.4 Å². The van der Waals surface area contributed by atoms with Crippen LogP contribution in [0.3, 0.4) is 0 Å². The van der Waals surface area contributed by atoms with Crippen molar-refractivity contribution in [1.29, 1.82) is 0 Å². The van der Waals surface area contributed by atoms with Crippen molar-refractivity contribution in [2.75, 3.05) is 26.2 Å². The molecule has 37 heavy (non-hydrogen) atoms. The smallest absolute Gasteiger partial charge is 0.238 e. The highest BCUT2D eigenvalue weighted by Gasteiger charge is 2.28. The van der Waals surface area contributed by atoms with Crippen molar-refractivity contribution >= 4 is 73.7 Å². The molecule has 0 unspecified atom stereocenters. The maximum Gasteiger partial charge on any atom is 0.238 e. The molecule has 3 aromatic rings. The molecule has 1 aromatic carbocycles. The molecule has 2 amide bonds. The fraction of sp³-hybridized carbons (Fsp3) is 0.375. The van der Waals surface area contributed by atoms with Crippen LogP contribution >= 0.6 is 45.2 Å². The molecule has 0 saturated heterocycles. The highest BCUT2D eigenvalue weighted by molar-refractivity contribution is 14.1. The maximum absolute atomic E-state index is 13.4. The summed E-state index contributed by atoms with van der Waals surface area (Å²) >= 11 is 4.13. The lowest BCUT2D eigenvalue weighted by Gasteiger charge is -2.24. The minimum atomic E-state index is -1.14. The van der Waals surface area contributed by atoms with E-state index in [1.165, 1.54) is 4.90 Å². The largest absolute Gasteiger partial charge is 0.345 e. The summed E-state index contributed by atoms with van der Waals surface area (Å²) in [5.74, 6) is -1.12. The second kappa shape index (κ2) is 14.1. The Kier molecular flexibility index (Phi) is 11.2. The number of nitrogens with one attached hydrogen (secondary N) is 2. The normalized spacial score (nSPS) is 12.8. The van der Waals surface area contributed by atoms with Gasteiger partial charge in [0.15, 0.2) is 9.61 Å². The number of hydrogen-bond acceptors (Lipinski definition) is 8. The molecule has 0 aliphatic rings. The van der Waals surface area contributed by atoms with Gasteiger partial charge in [-0.2, -0.15) is 0 Å². The lowest BCUT2D eigenvalue weighted by molar-refractivity contribution is -0.134. The number of Topliss-reactive ketones (excluding diaryl/α,β-unsaturated/α-hetero) is 1. The Hall–Kier alpha value is -2.21. The summed E-state index contributed by atoms with van der Waals surface area (Å²) in [7, 11) is 0. The zero-order valence-electron chi connectivity index (χ0n) is 20.1. The molecule has 0 bridgehead atoms. The highest BCUT2D eigenvalue weighted by Crippen LogP contribution is 2.17. The lowest BCUT2D eigenvalue weighted by atomic mass is 9.99. The number of halogens is 2. The summed E-state index contributed by atoms with van der Waals surface area (Å²) in [4.78, 5) is 52.4. The fourth-order valence-electron chi connectivity index (χ4n) is 3.84. The second-order valence-corrected chi connectivity index (χ2v) is 10.6. The van der Waals surface area contributed by atoms with Crippen LogP contribution in [0.4, 0.5) is 0 Å². The monoisotopic (exact) mass is 732 g/mol. The Labute approximate surface area is 242 Å². The summed E-state index contributed by atoms with van der Waals surface area (Å²) < 4.78 is 1.38. The molecule has 0 radical (unpaired) electrons. The van der Waals surface area contributed by atoms with Gasteiger partial charge in [-0.15, -0.1) is 0 Å². The van der Waals surface area contributed by atoms with Gasteiger partial charge in [-0.05, 0) is 62.9 Å². The number of nitrogens with two attached hydrogens (primary N) is 3. The number of hydrogen-bond donors (Lipinski definition) is 5. The van der Waals surface area contributed by atoms with Gasteiger partial charge >= 0.3 is 0 Å². The van der Waals surface area contributed by atoms with Crippen molar-refractivity contribution in [2.24, 2.45) is 17.2 Å². The summed E-state index contributed by atoms with van der Waals surface area (Å²) in [5, 5.41) is 3.68. The van der Waals surface area contributed by atoms with Crippen LogP contribution < -0.4 is 22.5 Å². The van der Waals surface area contributed by atoms with E-state index in [0.717, 1.165) is 22.2 Å². The predicted molar refractivity (Wildman–Crippen MR) is 157 cm³/mol. The third-order valence-electron chi connectivity index (χ3n) is 5.72. The lowest BCUT2D eigenvalue weighted by Crippen LogP contribution is -2.51. The number of para-hydroxylation sites is 1. The Balaban J connectivity index is 1.75. The first-order valence-corrected chi connectivity index (χ1v) is 13.9. The first-order chi connectivity index (χ1) is 17.7. The van der Waals surface area contributed by atoms with Crippen LogP contribution in [-0.2, 0) is 27.2 Å². The van der Waals surface area contributed by atoms with Crippen LogP contribution in [0.15, 0.2) is 36.5 Å². The van der Waals surface area contributed by atoms with Crippen molar-refractivity contribution in [1.82, 2.24) is 25.2 Å². The number of H-pyrrole nitrogens is 1. The summed E-state index contributed by atoms with van der Waals surface area (Å²) in [5.41, 5.74) is 19.5. The van der Waals surface area contributed by atoms with Crippen LogP contribution in [0.5, 0.6) is 0 Å². The van der Waals surface area contributed by atoms with Crippen molar-refractivity contribution in [3.63, 3.8) is 0 Å². The number of aromatic amines is 1. The minimum absolute atomic E-state index is 0.0690. The molecule has 8 N–H and O–H groups in total. The molecule has 0 fully saturated rings. The van der Waals surface area contributed by atoms with Crippen LogP contribution in [0.25, 0.3) is 10.9 Å². The minimum Gasteiger partial charge on any atom is -0.345 e. The van der Waals surface area contributed by atoms with E-state index < -0.39 is 18.0 Å². The number of rotatable bonds is 13. The first kappa shape index (κ1) is 29.3. The van der Waals surface area contributed by atoms with Gasteiger partial charge in [0.1, 0.15) is 3.70 Å². The fourth-order valence-corrected chi connectivity index (χ4v) is 5.47. The van der Waals surface area contributed by atoms with Gasteiger partial charge in [0, 0.05) is 50.6 Å². The SMILES string of the molecule is NCCN(CCN)C(=O)C[C@H](N)C(=O)N[C@@H](Cc1[nH]c(I)nc1I)C(=O)Cc1cnc2ccccc2c1. The Bertz CT molecular complexity index is 1250. The van der Waals surface area contributed by atoms with Gasteiger partial charge in [0.2, 0.25) is 11.8 Å². The second-order valence-electron chi connectivity index (χ2n) is 8.51. The topological polar surface area (TPSA) is 186 Å². The number of nitrogens with zero attached hydrogens (tertiary/aromatic N) is 3. The van der Waals surface area contributed by atoms with Gasteiger partial charge in [-0.1, -0.05) is 18.2 Å². The van der Waals surface area contributed by atoms with Crippen LogP contribution in [-0.4, -0.2) is 75.7 Å². The average molecular weight is 732 g/mol. The van der Waals surface area contributed by atoms with Crippen LogP contribution in [0, 0.1) is 7.53 Å². The number of imidazole rings is 1. The van der Waals surface area contributed by atoms with E-state index >= 15 is 0 Å². The molecule has 0 aliphatic carbocycles. The molecule has 3 rings (SSSR count). The number of pyridine rings is 1. The number of amides is 2. The Morgan fingerprint density at radius 2 is 1.81 bits per heavy atom. The van der Waals surface area contributed by atoms with Crippen LogP contribution in [0.1, 0.15) is 17.7 Å². The standard InChI is InChI=1S/C24H30I2N8O3/c25-22-19(32-24(26)33-22)12-18(20(35)10-14-9-15-3-1-2-4-17(15)30-13-14)31-23(37)16(29)11-21(36)34(7-5-27)8-6-28/h1-4,9,13,16,18H,5-8,10-12,27-29H2,(H,31,37)(H,32,33)/t16-,18-/m0/s1. The van der Waals surface area contributed by atoms with E-state index in [0.29, 0.717) is 20.6 Å². The molecule has 11 nitrogen and oxygen atoms in total. The van der Waals surface area contributed by atoms with Gasteiger partial charge in [-0.3, -0.25) is 19.4 Å². The molecular formula is C24H30I2N8O3. The number of ketones is 1. The average Bonchev–Trinajstić information content (AvgIpc) is 3.19. The number of carbonyl (C=O) groups is 3. The van der Waals surface area contributed by atoms with Gasteiger partial charge in [0.05, 0.1) is 29.7 Å². The molecule has 2 atom stereocenters. The number of carbonyl (C=O) groups excluding carboxylic acids is 3. The van der Waals surface area contributed by atoms with Crippen molar-refractivity contribution in [2.45, 2.75) is 31.3 Å². The quantitative estimate of drug-likeness (QED) is 0.157. The van der Waals surface area contributed by atoms with Gasteiger partial charge < -0.3 is 32.4 Å². The van der Waals surface area contributed by atoms with Crippen molar-refractivity contribution in [3.8, 4) is 0 Å². The molecule has 198 valence electrons. The Morgan fingerprint density at radius 3 is 2.46 bits per heavy atom. The molecule has 0 saturated carbocycles. The van der Waals surface area contributed by atoms with E-state index in [1.54, 1.807) is 6.20 Å². The molecular weight excluding hydrogens is 702 g/mol. The van der Waals surface area contributed by atoms with Gasteiger partial charge in [0.25, 0.3) is 0 Å². The predicted octanol–water partition coefficient (Wildman–Crippen LogP) is 0.470. The molecule has 13 heteroatoms. The summed E-state index contributed by atoms with van der Waals surface area (Å²) in [6, 6.07) is 7.54. The number of benzene rings is 1. The van der Waals surface area contributed by atoms with E-state index in [-0.39, 0.29) is 44.0 Å². The number of fused-ring (bicyclic) bond motifs is 1. The van der Waals surface area contributed by atoms with E-state index in [4.69, 9.17) is 17.2 Å². The molecule has 0 aliphatic heterocycles. The summed E-state index contributed by atoms with van der Waals surface area (Å²) in [6.07, 6.45) is 1.71. The van der Waals surface area contributed by atoms with Crippen LogP contribution in [0.2, 0.25) is 0 Å². The first-order valence-electron chi connectivity index (χ1n) is 11.7. The molecule has 2 heterocycles. The highest BCUT2D eigenvalue weighted by atomic mass is 127. The van der Waals surface area contributed by atoms with E-state index in [2.05, 4.69) is 65.5 Å². The third kappa shape index (κ3) is 8.39. The Morgan fingerprint density at radius 1 is 1.11 bits per heavy atom. The molecule has 2 aromatic heterocycles. The van der Waals surface area contributed by atoms with E-state index in [1.807, 2.05) is 30.3 Å². The van der Waals surface area contributed by atoms with Crippen molar-refractivity contribution in [3.05, 3.63) is 55.3 Å². The molecule has 0 spiro atoms. The summed E-state index contributed by atoms with van der Waals surface area (Å²) in [6.45, 7) is 1.19. The maximum atomic E-state index is 13.4.